The summed E-state index contributed by atoms with van der Waals surface area (Å²) >= 11 is 0. The van der Waals surface area contributed by atoms with Crippen LogP contribution < -0.4 is 14.8 Å². The topological polar surface area (TPSA) is 81.2 Å². The second-order valence-electron chi connectivity index (χ2n) is 6.91. The molecule has 154 valence electrons. The van der Waals surface area contributed by atoms with Crippen molar-refractivity contribution in [3.05, 3.63) is 66.5 Å². The zero-order chi connectivity index (χ0) is 20.9. The molecule has 4 aromatic rings. The molecule has 0 aliphatic carbocycles. The minimum Gasteiger partial charge on any atom is -0.497 e. The number of fused-ring (bicyclic) bond motifs is 1. The van der Waals surface area contributed by atoms with Crippen molar-refractivity contribution in [2.45, 2.75) is 13.0 Å². The van der Waals surface area contributed by atoms with Crippen molar-refractivity contribution in [2.24, 2.45) is 0 Å². The van der Waals surface area contributed by atoms with Gasteiger partial charge in [0.15, 0.2) is 0 Å². The van der Waals surface area contributed by atoms with Gasteiger partial charge in [0, 0.05) is 30.4 Å². The predicted octanol–water partition coefficient (Wildman–Crippen LogP) is 3.87. The van der Waals surface area contributed by atoms with Gasteiger partial charge in [0.05, 0.1) is 19.9 Å². The number of para-hydroxylation sites is 1. The van der Waals surface area contributed by atoms with Crippen LogP contribution in [-0.4, -0.2) is 41.4 Å². The van der Waals surface area contributed by atoms with Crippen LogP contribution in [0.3, 0.4) is 0 Å². The van der Waals surface area contributed by atoms with Gasteiger partial charge in [-0.3, -0.25) is 9.89 Å². The fraction of sp³-hybridized carbons (Fsp3) is 0.217. The summed E-state index contributed by atoms with van der Waals surface area (Å²) in [5, 5.41) is 11.2. The van der Waals surface area contributed by atoms with Gasteiger partial charge in [-0.25, -0.2) is 0 Å². The molecule has 0 fully saturated rings. The number of carbonyl (C=O) groups excluding carboxylic acids is 1. The number of nitrogens with zero attached hydrogens (tertiary/aromatic N) is 2. The molecular formula is C23H24N4O3. The quantitative estimate of drug-likeness (QED) is 0.437. The smallest absolute Gasteiger partial charge is 0.269 e. The first-order chi connectivity index (χ1) is 14.7. The standard InChI is InChI=1S/C23H24N4O3/c1-29-17-8-9-22(30-2)18(14-17)19-15-20(26-25-19)23(28)24-11-5-12-27-13-10-16-6-3-4-7-21(16)27/h3-4,6-10,13-15H,5,11-12H2,1-2H3,(H,24,28)(H,25,26). The van der Waals surface area contributed by atoms with Crippen molar-refractivity contribution < 1.29 is 14.3 Å². The number of hydrogen-bond donors (Lipinski definition) is 2. The number of aromatic nitrogens is 3. The average Bonchev–Trinajstić information content (AvgIpc) is 3.44. The third-order valence-corrected chi connectivity index (χ3v) is 5.05. The number of nitrogens with one attached hydrogen (secondary N) is 2. The Kier molecular flexibility index (Phi) is 5.70. The summed E-state index contributed by atoms with van der Waals surface area (Å²) < 4.78 is 12.9. The fourth-order valence-corrected chi connectivity index (χ4v) is 3.47. The van der Waals surface area contributed by atoms with Crippen LogP contribution in [0.4, 0.5) is 0 Å². The van der Waals surface area contributed by atoms with Crippen LogP contribution in [0.2, 0.25) is 0 Å². The van der Waals surface area contributed by atoms with Crippen molar-refractivity contribution in [1.82, 2.24) is 20.1 Å². The van der Waals surface area contributed by atoms with Crippen molar-refractivity contribution in [3.8, 4) is 22.8 Å². The summed E-state index contributed by atoms with van der Waals surface area (Å²) in [5.74, 6) is 1.17. The molecule has 0 aliphatic rings. The number of carbonyl (C=O) groups is 1. The molecule has 2 heterocycles. The molecule has 0 unspecified atom stereocenters. The van der Waals surface area contributed by atoms with Crippen LogP contribution in [0.15, 0.2) is 60.8 Å². The first kappa shape index (κ1) is 19.6. The minimum atomic E-state index is -0.187. The molecule has 2 aromatic heterocycles. The fourth-order valence-electron chi connectivity index (χ4n) is 3.47. The second-order valence-corrected chi connectivity index (χ2v) is 6.91. The summed E-state index contributed by atoms with van der Waals surface area (Å²) in [5.41, 5.74) is 2.98. The van der Waals surface area contributed by atoms with E-state index in [9.17, 15) is 4.79 Å². The number of methoxy groups -OCH3 is 2. The Morgan fingerprint density at radius 3 is 2.80 bits per heavy atom. The molecule has 0 bridgehead atoms. The summed E-state index contributed by atoms with van der Waals surface area (Å²) in [6.07, 6.45) is 2.91. The van der Waals surface area contributed by atoms with Gasteiger partial charge < -0.3 is 19.4 Å². The highest BCUT2D eigenvalue weighted by Gasteiger charge is 2.14. The molecule has 2 aromatic carbocycles. The van der Waals surface area contributed by atoms with Gasteiger partial charge in [-0.1, -0.05) is 18.2 Å². The van der Waals surface area contributed by atoms with Crippen molar-refractivity contribution in [3.63, 3.8) is 0 Å². The maximum Gasteiger partial charge on any atom is 0.269 e. The van der Waals surface area contributed by atoms with Crippen molar-refractivity contribution >= 4 is 16.8 Å². The Morgan fingerprint density at radius 1 is 1.10 bits per heavy atom. The van der Waals surface area contributed by atoms with E-state index in [1.807, 2.05) is 30.3 Å². The van der Waals surface area contributed by atoms with E-state index in [1.165, 1.54) is 10.9 Å². The van der Waals surface area contributed by atoms with Crippen LogP contribution >= 0.6 is 0 Å². The highest BCUT2D eigenvalue weighted by Crippen LogP contribution is 2.32. The molecule has 4 rings (SSSR count). The molecule has 7 heteroatoms. The molecule has 0 aliphatic heterocycles. The minimum absolute atomic E-state index is 0.187. The first-order valence-electron chi connectivity index (χ1n) is 9.79. The van der Waals surface area contributed by atoms with Crippen LogP contribution in [0.25, 0.3) is 22.2 Å². The molecule has 0 saturated carbocycles. The summed E-state index contributed by atoms with van der Waals surface area (Å²) in [6.45, 7) is 1.41. The first-order valence-corrected chi connectivity index (χ1v) is 9.79. The van der Waals surface area contributed by atoms with Crippen LogP contribution in [0, 0.1) is 0 Å². The van der Waals surface area contributed by atoms with E-state index in [-0.39, 0.29) is 5.91 Å². The van der Waals surface area contributed by atoms with Gasteiger partial charge in [0.1, 0.15) is 17.2 Å². The number of aromatic amines is 1. The summed E-state index contributed by atoms with van der Waals surface area (Å²) in [7, 11) is 3.20. The summed E-state index contributed by atoms with van der Waals surface area (Å²) in [4.78, 5) is 12.5. The monoisotopic (exact) mass is 404 g/mol. The third kappa shape index (κ3) is 4.00. The van der Waals surface area contributed by atoms with E-state index in [1.54, 1.807) is 20.3 Å². The van der Waals surface area contributed by atoms with Gasteiger partial charge in [-0.15, -0.1) is 0 Å². The molecule has 0 saturated heterocycles. The normalized spacial score (nSPS) is 10.9. The Hall–Kier alpha value is -3.74. The number of benzene rings is 2. The number of rotatable bonds is 8. The number of H-pyrrole nitrogens is 1. The molecular weight excluding hydrogens is 380 g/mol. The largest absolute Gasteiger partial charge is 0.497 e. The lowest BCUT2D eigenvalue weighted by Gasteiger charge is -2.08. The van der Waals surface area contributed by atoms with Gasteiger partial charge in [0.25, 0.3) is 5.91 Å². The van der Waals surface area contributed by atoms with Gasteiger partial charge >= 0.3 is 0 Å². The van der Waals surface area contributed by atoms with E-state index in [0.29, 0.717) is 29.4 Å². The van der Waals surface area contributed by atoms with Crippen LogP contribution in [0.5, 0.6) is 11.5 Å². The number of ether oxygens (including phenoxy) is 2. The molecule has 1 amide bonds. The Morgan fingerprint density at radius 2 is 1.97 bits per heavy atom. The number of amides is 1. The lowest BCUT2D eigenvalue weighted by atomic mass is 10.1. The van der Waals surface area contributed by atoms with Gasteiger partial charge in [-0.05, 0) is 48.2 Å². The van der Waals surface area contributed by atoms with E-state index in [2.05, 4.69) is 44.5 Å². The Balaban J connectivity index is 1.36. The average molecular weight is 404 g/mol. The summed E-state index contributed by atoms with van der Waals surface area (Å²) in [6, 6.07) is 17.6. The van der Waals surface area contributed by atoms with E-state index in [4.69, 9.17) is 9.47 Å². The van der Waals surface area contributed by atoms with Gasteiger partial charge in [-0.2, -0.15) is 5.10 Å². The molecule has 0 radical (unpaired) electrons. The molecule has 2 N–H and O–H groups in total. The Labute approximate surface area is 174 Å². The SMILES string of the molecule is COc1ccc(OC)c(-c2cc(C(=O)NCCCn3ccc4ccccc43)[nH]n2)c1. The number of aryl methyl sites for hydroxylation is 1. The molecule has 7 nitrogen and oxygen atoms in total. The predicted molar refractivity (Wildman–Crippen MR) is 116 cm³/mol. The van der Waals surface area contributed by atoms with Crippen LogP contribution in [-0.2, 0) is 6.54 Å². The Bertz CT molecular complexity index is 1160. The van der Waals surface area contributed by atoms with E-state index >= 15 is 0 Å². The maximum atomic E-state index is 12.5. The second kappa shape index (κ2) is 8.73. The van der Waals surface area contributed by atoms with Crippen molar-refractivity contribution in [2.75, 3.05) is 20.8 Å². The van der Waals surface area contributed by atoms with Gasteiger partial charge in [0.2, 0.25) is 0 Å². The maximum absolute atomic E-state index is 12.5. The molecule has 0 atom stereocenters. The molecule has 30 heavy (non-hydrogen) atoms. The lowest BCUT2D eigenvalue weighted by molar-refractivity contribution is 0.0948. The van der Waals surface area contributed by atoms with Crippen LogP contribution in [0.1, 0.15) is 16.9 Å². The third-order valence-electron chi connectivity index (χ3n) is 5.05. The highest BCUT2D eigenvalue weighted by molar-refractivity contribution is 5.93. The number of hydrogen-bond acceptors (Lipinski definition) is 4. The van der Waals surface area contributed by atoms with E-state index < -0.39 is 0 Å². The zero-order valence-electron chi connectivity index (χ0n) is 17.0. The molecule has 0 spiro atoms. The van der Waals surface area contributed by atoms with E-state index in [0.717, 1.165) is 18.5 Å². The highest BCUT2D eigenvalue weighted by atomic mass is 16.5. The van der Waals surface area contributed by atoms with Crippen molar-refractivity contribution in [1.29, 1.82) is 0 Å². The lowest BCUT2D eigenvalue weighted by Crippen LogP contribution is -2.25. The zero-order valence-corrected chi connectivity index (χ0v) is 17.0.